The number of hydrogen-bond donors (Lipinski definition) is 1. The normalized spacial score (nSPS) is 15.1. The molecular weight excluding hydrogens is 515 g/mol. The number of aryl methyl sites for hydroxylation is 2. The molecule has 6 nitrogen and oxygen atoms in total. The van der Waals surface area contributed by atoms with Crippen molar-refractivity contribution in [3.63, 3.8) is 0 Å². The number of pyridine rings is 1. The zero-order valence-electron chi connectivity index (χ0n) is 24.2. The van der Waals surface area contributed by atoms with E-state index in [9.17, 15) is 14.4 Å². The molecule has 1 N–H and O–H groups in total. The third-order valence-corrected chi connectivity index (χ3v) is 7.23. The standard InChI is InChI=1S/C32H29FN4O2.C2H6/c1-5-21-8-11-29(25-9-10-28(33)31-27(25)13-20(3)37(31)4)36-30(21)12-19(2)16-35-32(38)22-6-7-23-17-39-18-24(15-34)26(23)14-22;1-2/h5-14,24H,2,16-18H2,1,3-4H3,(H,35,38);1-2H3/b21-5-,30-12+;. The predicted molar refractivity (Wildman–Crippen MR) is 162 cm³/mol. The minimum atomic E-state index is -0.381. The molecule has 1 aliphatic rings. The first kappa shape index (κ1) is 29.4. The Labute approximate surface area is 240 Å². The van der Waals surface area contributed by atoms with Gasteiger partial charge in [0.25, 0.3) is 5.91 Å². The van der Waals surface area contributed by atoms with Gasteiger partial charge in [0.05, 0.1) is 41.8 Å². The van der Waals surface area contributed by atoms with Gasteiger partial charge in [0, 0.05) is 35.8 Å². The highest BCUT2D eigenvalue weighted by Gasteiger charge is 2.22. The molecule has 0 saturated heterocycles. The van der Waals surface area contributed by atoms with E-state index in [1.54, 1.807) is 18.2 Å². The van der Waals surface area contributed by atoms with E-state index in [2.05, 4.69) is 18.0 Å². The number of halogens is 1. The van der Waals surface area contributed by atoms with Gasteiger partial charge in [-0.1, -0.05) is 38.6 Å². The van der Waals surface area contributed by atoms with Crippen LogP contribution in [0.1, 0.15) is 53.9 Å². The van der Waals surface area contributed by atoms with Crippen molar-refractivity contribution in [2.75, 3.05) is 13.2 Å². The second-order valence-electron chi connectivity index (χ2n) is 9.76. The summed E-state index contributed by atoms with van der Waals surface area (Å²) in [5.41, 5.74) is 6.02. The monoisotopic (exact) mass is 550 g/mol. The third kappa shape index (κ3) is 5.98. The van der Waals surface area contributed by atoms with Crippen LogP contribution >= 0.6 is 0 Å². The Morgan fingerprint density at radius 3 is 2.76 bits per heavy atom. The molecule has 1 atom stereocenters. The van der Waals surface area contributed by atoms with Crippen molar-refractivity contribution in [1.82, 2.24) is 14.9 Å². The van der Waals surface area contributed by atoms with Crippen LogP contribution in [-0.4, -0.2) is 28.6 Å². The number of carbonyl (C=O) groups is 1. The molecule has 1 aliphatic heterocycles. The summed E-state index contributed by atoms with van der Waals surface area (Å²) in [4.78, 5) is 17.8. The summed E-state index contributed by atoms with van der Waals surface area (Å²) < 4.78 is 21.9. The van der Waals surface area contributed by atoms with Gasteiger partial charge >= 0.3 is 0 Å². The predicted octanol–water partition coefficient (Wildman–Crippen LogP) is 5.42. The number of amides is 1. The zero-order chi connectivity index (χ0) is 29.7. The molecule has 41 heavy (non-hydrogen) atoms. The first-order valence-corrected chi connectivity index (χ1v) is 13.8. The summed E-state index contributed by atoms with van der Waals surface area (Å²) in [6.45, 7) is 13.0. The first-order chi connectivity index (χ1) is 19.8. The van der Waals surface area contributed by atoms with Gasteiger partial charge in [0.15, 0.2) is 0 Å². The Morgan fingerprint density at radius 1 is 1.24 bits per heavy atom. The lowest BCUT2D eigenvalue weighted by Crippen LogP contribution is -2.30. The van der Waals surface area contributed by atoms with Crippen LogP contribution in [0.15, 0.2) is 60.7 Å². The number of rotatable bonds is 5. The van der Waals surface area contributed by atoms with Crippen molar-refractivity contribution in [3.8, 4) is 17.3 Å². The molecule has 5 rings (SSSR count). The van der Waals surface area contributed by atoms with Crippen LogP contribution < -0.4 is 15.9 Å². The molecular formula is C34H35FN4O2. The van der Waals surface area contributed by atoms with Crippen LogP contribution in [0.4, 0.5) is 4.39 Å². The molecule has 7 heteroatoms. The molecule has 0 fully saturated rings. The average molecular weight is 551 g/mol. The van der Waals surface area contributed by atoms with E-state index in [0.717, 1.165) is 38.7 Å². The second-order valence-corrected chi connectivity index (χ2v) is 9.76. The summed E-state index contributed by atoms with van der Waals surface area (Å²) >= 11 is 0. The Bertz CT molecular complexity index is 1800. The Balaban J connectivity index is 0.00000189. The number of ether oxygens (including phenoxy) is 1. The average Bonchev–Trinajstić information content (AvgIpc) is 3.30. The molecule has 0 spiro atoms. The topological polar surface area (TPSA) is 79.9 Å². The minimum absolute atomic E-state index is 0.231. The van der Waals surface area contributed by atoms with Gasteiger partial charge in [-0.05, 0) is 78.2 Å². The molecule has 1 unspecified atom stereocenters. The molecule has 0 bridgehead atoms. The molecule has 3 heterocycles. The van der Waals surface area contributed by atoms with Crippen LogP contribution in [-0.2, 0) is 18.4 Å². The number of carbonyl (C=O) groups excluding carboxylic acids is 1. The van der Waals surface area contributed by atoms with E-state index in [-0.39, 0.29) is 24.2 Å². The van der Waals surface area contributed by atoms with Gasteiger partial charge in [-0.2, -0.15) is 5.26 Å². The molecule has 0 radical (unpaired) electrons. The fraction of sp³-hybridized carbons (Fsp3) is 0.265. The number of hydrogen-bond acceptors (Lipinski definition) is 4. The summed E-state index contributed by atoms with van der Waals surface area (Å²) in [7, 11) is 1.85. The molecule has 210 valence electrons. The van der Waals surface area contributed by atoms with Crippen molar-refractivity contribution in [2.45, 2.75) is 40.2 Å². The Morgan fingerprint density at radius 2 is 2.02 bits per heavy atom. The third-order valence-electron chi connectivity index (χ3n) is 7.23. The van der Waals surface area contributed by atoms with Crippen LogP contribution in [0.5, 0.6) is 0 Å². The van der Waals surface area contributed by atoms with Gasteiger partial charge in [0.1, 0.15) is 5.82 Å². The quantitative estimate of drug-likeness (QED) is 0.360. The number of nitrogens with zero attached hydrogens (tertiary/aromatic N) is 3. The van der Waals surface area contributed by atoms with E-state index in [1.165, 1.54) is 6.07 Å². The van der Waals surface area contributed by atoms with Crippen molar-refractivity contribution in [2.24, 2.45) is 7.05 Å². The van der Waals surface area contributed by atoms with Crippen LogP contribution in [0.25, 0.3) is 34.3 Å². The fourth-order valence-corrected chi connectivity index (χ4v) is 4.98. The summed E-state index contributed by atoms with van der Waals surface area (Å²) in [5, 5.41) is 14.8. The summed E-state index contributed by atoms with van der Waals surface area (Å²) in [6.07, 6.45) is 3.82. The number of nitriles is 1. The highest BCUT2D eigenvalue weighted by atomic mass is 19.1. The fourth-order valence-electron chi connectivity index (χ4n) is 4.98. The second kappa shape index (κ2) is 12.8. The summed E-state index contributed by atoms with van der Waals surface area (Å²) in [6, 6.07) is 16.7. The lowest BCUT2D eigenvalue weighted by molar-refractivity contribution is 0.0952. The van der Waals surface area contributed by atoms with Crippen molar-refractivity contribution >= 4 is 29.0 Å². The maximum absolute atomic E-state index is 14.6. The summed E-state index contributed by atoms with van der Waals surface area (Å²) in [5.74, 6) is -0.893. The zero-order valence-corrected chi connectivity index (χ0v) is 24.2. The smallest absolute Gasteiger partial charge is 0.251 e. The number of nitrogens with one attached hydrogen (secondary N) is 1. The SMILES string of the molecule is C=C(/C=c1/nc(-c2ccc(F)c3c2cc(C)n3C)cc/c1=C/C)CNC(=O)c1ccc2c(c1)C(C#N)COC2.CC. The molecule has 1 amide bonds. The highest BCUT2D eigenvalue weighted by Crippen LogP contribution is 2.31. The molecule has 4 aromatic rings. The molecule has 0 saturated carbocycles. The highest BCUT2D eigenvalue weighted by molar-refractivity contribution is 5.96. The van der Waals surface area contributed by atoms with Crippen molar-refractivity contribution < 1.29 is 13.9 Å². The van der Waals surface area contributed by atoms with Gasteiger partial charge in [0.2, 0.25) is 0 Å². The van der Waals surface area contributed by atoms with Crippen molar-refractivity contribution in [3.05, 3.63) is 99.5 Å². The number of aromatic nitrogens is 2. The number of fused-ring (bicyclic) bond motifs is 2. The Kier molecular flexibility index (Phi) is 9.16. The van der Waals surface area contributed by atoms with Gasteiger partial charge < -0.3 is 14.6 Å². The van der Waals surface area contributed by atoms with Crippen molar-refractivity contribution in [1.29, 1.82) is 5.26 Å². The van der Waals surface area contributed by atoms with Crippen LogP contribution in [0.2, 0.25) is 0 Å². The van der Waals surface area contributed by atoms with E-state index < -0.39 is 0 Å². The van der Waals surface area contributed by atoms with E-state index in [0.29, 0.717) is 35.2 Å². The van der Waals surface area contributed by atoms with Gasteiger partial charge in [-0.25, -0.2) is 9.37 Å². The maximum Gasteiger partial charge on any atom is 0.251 e. The minimum Gasteiger partial charge on any atom is -0.375 e. The molecule has 2 aromatic heterocycles. The largest absolute Gasteiger partial charge is 0.375 e. The first-order valence-electron chi connectivity index (χ1n) is 13.8. The molecule has 0 aliphatic carbocycles. The van der Waals surface area contributed by atoms with E-state index in [4.69, 9.17) is 9.72 Å². The van der Waals surface area contributed by atoms with Gasteiger partial charge in [-0.3, -0.25) is 4.79 Å². The van der Waals surface area contributed by atoms with Crippen LogP contribution in [0, 0.1) is 24.1 Å². The Hall–Kier alpha value is -4.54. The number of benzene rings is 2. The van der Waals surface area contributed by atoms with E-state index >= 15 is 0 Å². The van der Waals surface area contributed by atoms with E-state index in [1.807, 2.05) is 75.7 Å². The van der Waals surface area contributed by atoms with Gasteiger partial charge in [-0.15, -0.1) is 0 Å². The lowest BCUT2D eigenvalue weighted by atomic mass is 9.92. The molecule has 2 aromatic carbocycles. The lowest BCUT2D eigenvalue weighted by Gasteiger charge is -2.21. The van der Waals surface area contributed by atoms with Crippen LogP contribution in [0.3, 0.4) is 0 Å². The maximum atomic E-state index is 14.6.